The summed E-state index contributed by atoms with van der Waals surface area (Å²) >= 11 is 0. The summed E-state index contributed by atoms with van der Waals surface area (Å²) in [5.74, 6) is 4.22. The van der Waals surface area contributed by atoms with E-state index in [1.165, 1.54) is 30.4 Å². The minimum absolute atomic E-state index is 0. The summed E-state index contributed by atoms with van der Waals surface area (Å²) in [4.78, 5) is 15.4. The van der Waals surface area contributed by atoms with Crippen LogP contribution < -0.4 is 5.48 Å². The Morgan fingerprint density at radius 3 is 2.12 bits per heavy atom. The highest BCUT2D eigenvalue weighted by Gasteiger charge is 2.52. The molecule has 0 aromatic rings. The average Bonchev–Trinajstić information content (AvgIpc) is 3.12. The predicted octanol–water partition coefficient (Wildman–Crippen LogP) is 6.76. The molecule has 0 aromatic heterocycles. The van der Waals surface area contributed by atoms with Gasteiger partial charge in [-0.2, -0.15) is 5.48 Å². The van der Waals surface area contributed by atoms with Crippen molar-refractivity contribution in [1.82, 2.24) is 5.48 Å². The lowest BCUT2D eigenvalue weighted by Crippen LogP contribution is -2.43. The number of carbonyl (C=O) groups is 1. The second-order valence-electron chi connectivity index (χ2n) is 10.6. The first-order chi connectivity index (χ1) is 15.2. The Hall–Kier alpha value is -1.43. The molecule has 0 spiro atoms. The fraction of sp³-hybridized carbons (Fsp3) is 0.690. The Morgan fingerprint density at radius 2 is 1.62 bits per heavy atom. The third-order valence-corrected chi connectivity index (χ3v) is 6.03. The topological polar surface area (TPSA) is 69.8 Å². The second kappa shape index (κ2) is 17.1. The number of hydroxylamine groups is 1. The van der Waals surface area contributed by atoms with Gasteiger partial charge < -0.3 is 15.1 Å². The lowest BCUT2D eigenvalue weighted by Gasteiger charge is -2.32. The second-order valence-corrected chi connectivity index (χ2v) is 10.6. The van der Waals surface area contributed by atoms with E-state index in [2.05, 4.69) is 76.6 Å². The maximum atomic E-state index is 9.50. The maximum Gasteiger partial charge on any atom is 0.122 e. The normalized spacial score (nSPS) is 24.9. The summed E-state index contributed by atoms with van der Waals surface area (Å²) in [5.41, 5.74) is 6.00. The number of allylic oxidation sites excluding steroid dienone is 7. The van der Waals surface area contributed by atoms with Crippen LogP contribution in [-0.4, -0.2) is 32.3 Å². The summed E-state index contributed by atoms with van der Waals surface area (Å²) in [6.45, 7) is 19.5. The zero-order chi connectivity index (χ0) is 24.3. The Balaban J connectivity index is -0.000000296. The molecular weight excluding hydrogens is 421 g/mol. The van der Waals surface area contributed by atoms with E-state index in [1.54, 1.807) is 0 Å². The van der Waals surface area contributed by atoms with Crippen molar-refractivity contribution in [3.8, 4) is 0 Å². The molecule has 2 fully saturated rings. The third-order valence-electron chi connectivity index (χ3n) is 6.03. The van der Waals surface area contributed by atoms with Crippen LogP contribution in [-0.2, 0) is 9.63 Å². The van der Waals surface area contributed by atoms with Gasteiger partial charge in [0.2, 0.25) is 0 Å². The van der Waals surface area contributed by atoms with E-state index in [0.29, 0.717) is 5.92 Å². The highest BCUT2D eigenvalue weighted by atomic mass is 16.6. The smallest absolute Gasteiger partial charge is 0.122 e. The summed E-state index contributed by atoms with van der Waals surface area (Å²) in [5, 5.41) is 0. The fourth-order valence-electron chi connectivity index (χ4n) is 4.48. The molecule has 4 aliphatic rings. The van der Waals surface area contributed by atoms with Crippen molar-refractivity contribution >= 4 is 14.7 Å². The Kier molecular flexibility index (Phi) is 17.4. The highest BCUT2D eigenvalue weighted by molar-refractivity contribution is 5.75. The predicted molar refractivity (Wildman–Crippen MR) is 152 cm³/mol. The van der Waals surface area contributed by atoms with Gasteiger partial charge in [-0.3, -0.25) is 0 Å². The molecule has 0 saturated heterocycles. The van der Waals surface area contributed by atoms with Crippen LogP contribution in [0.2, 0.25) is 0 Å². The molecule has 0 aromatic carbocycles. The minimum atomic E-state index is -0.123. The van der Waals surface area contributed by atoms with Gasteiger partial charge >= 0.3 is 0 Å². The van der Waals surface area contributed by atoms with Gasteiger partial charge in [0.25, 0.3) is 0 Å². The summed E-state index contributed by atoms with van der Waals surface area (Å²) in [6, 6.07) is 0. The SMILES string of the molecule is CC.CC(C)(NOCC1C2CCC[C@@H]21)C1=CC=C2C=CC=CC21.CC(C)C.CC(C)C=O.O.[B].[HH].[HH]. The molecule has 0 amide bonds. The molecule has 34 heavy (non-hydrogen) atoms. The van der Waals surface area contributed by atoms with Crippen LogP contribution in [0.3, 0.4) is 0 Å². The first kappa shape index (κ1) is 34.7. The largest absolute Gasteiger partial charge is 0.412 e. The van der Waals surface area contributed by atoms with Crippen molar-refractivity contribution in [3.05, 3.63) is 47.6 Å². The fourth-order valence-corrected chi connectivity index (χ4v) is 4.48. The molecule has 0 heterocycles. The van der Waals surface area contributed by atoms with Gasteiger partial charge in [0.05, 0.1) is 12.1 Å². The first-order valence-electron chi connectivity index (χ1n) is 12.8. The quantitative estimate of drug-likeness (QED) is 0.262. The number of carbonyl (C=O) groups excluding carboxylic acids is 1. The number of rotatable bonds is 6. The summed E-state index contributed by atoms with van der Waals surface area (Å²) in [7, 11) is 0. The van der Waals surface area contributed by atoms with Crippen LogP contribution >= 0.6 is 0 Å². The molecule has 4 nitrogen and oxygen atoms in total. The maximum absolute atomic E-state index is 9.50. The molecule has 4 atom stereocenters. The molecule has 0 aliphatic heterocycles. The van der Waals surface area contributed by atoms with Crippen molar-refractivity contribution in [2.24, 2.45) is 35.5 Å². The van der Waals surface area contributed by atoms with E-state index in [9.17, 15) is 4.79 Å². The molecule has 2 saturated carbocycles. The number of hydrogen-bond acceptors (Lipinski definition) is 3. The van der Waals surface area contributed by atoms with Gasteiger partial charge in [0.15, 0.2) is 0 Å². The molecule has 4 aliphatic carbocycles. The average molecular weight is 477 g/mol. The van der Waals surface area contributed by atoms with E-state index in [0.717, 1.165) is 36.6 Å². The van der Waals surface area contributed by atoms with E-state index in [-0.39, 0.29) is 28.2 Å². The molecule has 3 N–H and O–H groups in total. The molecule has 3 unspecified atom stereocenters. The van der Waals surface area contributed by atoms with E-state index >= 15 is 0 Å². The van der Waals surface area contributed by atoms with Crippen LogP contribution in [0.4, 0.5) is 0 Å². The number of aldehydes is 1. The van der Waals surface area contributed by atoms with Crippen molar-refractivity contribution in [2.75, 3.05) is 6.61 Å². The first-order valence-corrected chi connectivity index (χ1v) is 12.8. The minimum Gasteiger partial charge on any atom is -0.412 e. The Bertz CT molecular complexity index is 690. The molecule has 5 heteroatoms. The molecule has 4 rings (SSSR count). The molecule has 197 valence electrons. The van der Waals surface area contributed by atoms with Crippen molar-refractivity contribution in [2.45, 2.75) is 87.1 Å². The molecule has 0 bridgehead atoms. The monoisotopic (exact) mass is 476 g/mol. The number of fused-ring (bicyclic) bond motifs is 2. The molecular formula is C29H55BNO3. The Labute approximate surface area is 215 Å². The van der Waals surface area contributed by atoms with Gasteiger partial charge in [0.1, 0.15) is 6.29 Å². The van der Waals surface area contributed by atoms with Gasteiger partial charge in [0, 0.05) is 23.1 Å². The van der Waals surface area contributed by atoms with Crippen LogP contribution in [0.5, 0.6) is 0 Å². The van der Waals surface area contributed by atoms with Crippen molar-refractivity contribution in [1.29, 1.82) is 0 Å². The molecule has 3 radical (unpaired) electrons. The standard InChI is InChI=1S/C19H25NO.C4H8O.C4H10.C2H6.B.H2O.2H2/c1-19(2,18-11-10-13-6-3-4-7-14(13)18)20-21-12-17-15-8-5-9-16(15)17;1-4(2)3-5;1-4(2)3;1-2;;;;/h3-4,6-7,10-11,14-17,20H,5,8-9,12H2,1-2H3;3-4H,1-2H3;4H,1-3H3;1-2H3;;1H2;2*1H/t14?,15-,16?,17?;;;;;;;/m0......./s1. The van der Waals surface area contributed by atoms with Gasteiger partial charge in [-0.25, -0.2) is 0 Å². The summed E-state index contributed by atoms with van der Waals surface area (Å²) in [6.07, 6.45) is 18.4. The van der Waals surface area contributed by atoms with E-state index in [4.69, 9.17) is 4.84 Å². The van der Waals surface area contributed by atoms with E-state index < -0.39 is 0 Å². The zero-order valence-electron chi connectivity index (χ0n) is 23.2. The summed E-state index contributed by atoms with van der Waals surface area (Å²) < 4.78 is 0. The lowest BCUT2D eigenvalue weighted by molar-refractivity contribution is -0.110. The highest BCUT2D eigenvalue weighted by Crippen LogP contribution is 2.57. The Morgan fingerprint density at radius 1 is 1.09 bits per heavy atom. The van der Waals surface area contributed by atoms with Crippen LogP contribution in [0.1, 0.15) is 84.4 Å². The lowest BCUT2D eigenvalue weighted by atomic mass is 9.82. The number of hydrogen-bond donors (Lipinski definition) is 1. The van der Waals surface area contributed by atoms with Crippen LogP contribution in [0, 0.1) is 35.5 Å². The van der Waals surface area contributed by atoms with Crippen LogP contribution in [0.15, 0.2) is 47.6 Å². The van der Waals surface area contributed by atoms with Crippen molar-refractivity contribution in [3.63, 3.8) is 0 Å². The van der Waals surface area contributed by atoms with Gasteiger partial charge in [-0.15, -0.1) is 0 Å². The zero-order valence-corrected chi connectivity index (χ0v) is 23.2. The van der Waals surface area contributed by atoms with E-state index in [1.807, 2.05) is 27.7 Å². The number of nitrogens with one attached hydrogen (secondary N) is 1. The van der Waals surface area contributed by atoms with Gasteiger partial charge in [-0.05, 0) is 61.5 Å². The van der Waals surface area contributed by atoms with Crippen LogP contribution in [0.25, 0.3) is 0 Å². The van der Waals surface area contributed by atoms with Crippen molar-refractivity contribution < 1.29 is 18.0 Å². The van der Waals surface area contributed by atoms with Gasteiger partial charge in [-0.1, -0.05) is 91.3 Å². The third kappa shape index (κ3) is 10.9.